The minimum Gasteiger partial charge on any atom is -0.350 e. The van der Waals surface area contributed by atoms with E-state index in [1.54, 1.807) is 6.07 Å². The number of hydrogen-bond donors (Lipinski definition) is 2. The third-order valence-corrected chi connectivity index (χ3v) is 3.59. The summed E-state index contributed by atoms with van der Waals surface area (Å²) in [5, 5.41) is 2.69. The maximum atomic E-state index is 11.8. The molecule has 1 aromatic carbocycles. The highest BCUT2D eigenvalue weighted by atomic mass is 32.2. The van der Waals surface area contributed by atoms with E-state index >= 15 is 0 Å². The van der Waals surface area contributed by atoms with Gasteiger partial charge in [-0.05, 0) is 32.0 Å². The largest absolute Gasteiger partial charge is 0.350 e. The molecule has 6 heteroatoms. The molecule has 102 valence electrons. The van der Waals surface area contributed by atoms with E-state index in [1.165, 1.54) is 18.2 Å². The first-order valence-corrected chi connectivity index (χ1v) is 7.19. The van der Waals surface area contributed by atoms with E-state index in [0.29, 0.717) is 0 Å². The Hall–Kier alpha value is -1.84. The minimum atomic E-state index is -3.68. The van der Waals surface area contributed by atoms with E-state index in [4.69, 9.17) is 6.42 Å². The van der Waals surface area contributed by atoms with Crippen molar-refractivity contribution in [1.29, 1.82) is 0 Å². The molecule has 0 radical (unpaired) electrons. The Morgan fingerprint density at radius 3 is 2.68 bits per heavy atom. The highest BCUT2D eigenvalue weighted by molar-refractivity contribution is 7.89. The van der Waals surface area contributed by atoms with Crippen LogP contribution in [0.4, 0.5) is 0 Å². The quantitative estimate of drug-likeness (QED) is 0.781. The maximum absolute atomic E-state index is 11.8. The van der Waals surface area contributed by atoms with E-state index in [2.05, 4.69) is 16.0 Å². The summed E-state index contributed by atoms with van der Waals surface area (Å²) >= 11 is 0. The summed E-state index contributed by atoms with van der Waals surface area (Å²) in [6, 6.07) is 5.77. The number of carbonyl (C=O) groups is 1. The Kier molecular flexibility index (Phi) is 5.10. The van der Waals surface area contributed by atoms with Crippen molar-refractivity contribution in [2.24, 2.45) is 0 Å². The summed E-state index contributed by atoms with van der Waals surface area (Å²) < 4.78 is 25.9. The number of rotatable bonds is 5. The monoisotopic (exact) mass is 280 g/mol. The Balaban J connectivity index is 3.01. The molecule has 0 bridgehead atoms. The molecule has 0 saturated heterocycles. The molecular weight excluding hydrogens is 264 g/mol. The molecule has 0 aromatic heterocycles. The van der Waals surface area contributed by atoms with Crippen molar-refractivity contribution < 1.29 is 13.2 Å². The predicted octanol–water partition coefficient (Wildman–Crippen LogP) is 0.736. The molecule has 0 fully saturated rings. The Bertz CT molecular complexity index is 601. The predicted molar refractivity (Wildman–Crippen MR) is 73.1 cm³/mol. The van der Waals surface area contributed by atoms with Gasteiger partial charge in [-0.25, -0.2) is 8.42 Å². The van der Waals surface area contributed by atoms with Gasteiger partial charge in [-0.1, -0.05) is 12.0 Å². The highest BCUT2D eigenvalue weighted by Crippen LogP contribution is 2.11. The summed E-state index contributed by atoms with van der Waals surface area (Å²) in [6.45, 7) is 3.56. The van der Waals surface area contributed by atoms with Crippen LogP contribution < -0.4 is 10.0 Å². The topological polar surface area (TPSA) is 75.3 Å². The first-order chi connectivity index (χ1) is 8.86. The fourth-order valence-corrected chi connectivity index (χ4v) is 2.35. The van der Waals surface area contributed by atoms with Gasteiger partial charge in [0.05, 0.1) is 11.4 Å². The average molecular weight is 280 g/mol. The summed E-state index contributed by atoms with van der Waals surface area (Å²) in [7, 11) is -3.68. The molecule has 1 amide bonds. The number of sulfonamides is 1. The molecule has 0 aliphatic rings. The smallest absolute Gasteiger partial charge is 0.251 e. The van der Waals surface area contributed by atoms with Crippen molar-refractivity contribution in [2.75, 3.05) is 6.54 Å². The molecule has 0 atom stereocenters. The zero-order valence-electron chi connectivity index (χ0n) is 10.8. The van der Waals surface area contributed by atoms with Crippen LogP contribution in [0.1, 0.15) is 24.2 Å². The fraction of sp³-hybridized carbons (Fsp3) is 0.308. The number of benzene rings is 1. The molecule has 0 spiro atoms. The standard InChI is InChI=1S/C13H16N2O3S/c1-4-8-14-19(17,18)12-7-5-6-11(9-12)13(16)15-10(2)3/h1,5-7,9-10,14H,8H2,2-3H3,(H,15,16). The van der Waals surface area contributed by atoms with Crippen molar-refractivity contribution in [2.45, 2.75) is 24.8 Å². The second-order valence-electron chi connectivity index (χ2n) is 4.18. The molecular formula is C13H16N2O3S. The van der Waals surface area contributed by atoms with Crippen molar-refractivity contribution in [1.82, 2.24) is 10.0 Å². The first-order valence-electron chi connectivity index (χ1n) is 5.71. The van der Waals surface area contributed by atoms with Crippen molar-refractivity contribution in [3.8, 4) is 12.3 Å². The fourth-order valence-electron chi connectivity index (χ4n) is 1.37. The molecule has 0 saturated carbocycles. The lowest BCUT2D eigenvalue weighted by Crippen LogP contribution is -2.30. The van der Waals surface area contributed by atoms with Crippen molar-refractivity contribution >= 4 is 15.9 Å². The van der Waals surface area contributed by atoms with Gasteiger partial charge >= 0.3 is 0 Å². The molecule has 19 heavy (non-hydrogen) atoms. The van der Waals surface area contributed by atoms with E-state index in [1.807, 2.05) is 13.8 Å². The lowest BCUT2D eigenvalue weighted by Gasteiger charge is -2.09. The normalized spacial score (nSPS) is 11.1. The van der Waals surface area contributed by atoms with Gasteiger partial charge in [0.15, 0.2) is 0 Å². The van der Waals surface area contributed by atoms with E-state index < -0.39 is 10.0 Å². The molecule has 0 unspecified atom stereocenters. The number of nitrogens with one attached hydrogen (secondary N) is 2. The van der Waals surface area contributed by atoms with Gasteiger partial charge in [-0.3, -0.25) is 4.79 Å². The van der Waals surface area contributed by atoms with Gasteiger partial charge in [-0.15, -0.1) is 6.42 Å². The third kappa shape index (κ3) is 4.39. The van der Waals surface area contributed by atoms with Crippen LogP contribution in [0.15, 0.2) is 29.2 Å². The Labute approximate surface area is 113 Å². The highest BCUT2D eigenvalue weighted by Gasteiger charge is 2.15. The van der Waals surface area contributed by atoms with Crippen LogP contribution in [0, 0.1) is 12.3 Å². The molecule has 0 aliphatic heterocycles. The number of carbonyl (C=O) groups excluding carboxylic acids is 1. The molecule has 1 rings (SSSR count). The van der Waals surface area contributed by atoms with E-state index in [0.717, 1.165) is 0 Å². The summed E-state index contributed by atoms with van der Waals surface area (Å²) in [4.78, 5) is 11.8. The third-order valence-electron chi connectivity index (χ3n) is 2.19. The molecule has 0 aliphatic carbocycles. The van der Waals surface area contributed by atoms with Gasteiger partial charge < -0.3 is 5.32 Å². The van der Waals surface area contributed by atoms with Crippen LogP contribution in [0.5, 0.6) is 0 Å². The van der Waals surface area contributed by atoms with Gasteiger partial charge in [-0.2, -0.15) is 4.72 Å². The zero-order chi connectivity index (χ0) is 14.5. The Morgan fingerprint density at radius 1 is 1.42 bits per heavy atom. The lowest BCUT2D eigenvalue weighted by atomic mass is 10.2. The molecule has 1 aromatic rings. The zero-order valence-corrected chi connectivity index (χ0v) is 11.6. The number of hydrogen-bond acceptors (Lipinski definition) is 3. The number of amides is 1. The van der Waals surface area contributed by atoms with Crippen LogP contribution in [0.2, 0.25) is 0 Å². The van der Waals surface area contributed by atoms with Gasteiger partial charge in [0, 0.05) is 11.6 Å². The molecule has 5 nitrogen and oxygen atoms in total. The summed E-state index contributed by atoms with van der Waals surface area (Å²) in [6.07, 6.45) is 5.01. The van der Waals surface area contributed by atoms with E-state index in [9.17, 15) is 13.2 Å². The molecule has 0 heterocycles. The maximum Gasteiger partial charge on any atom is 0.251 e. The van der Waals surface area contributed by atoms with Gasteiger partial charge in [0.2, 0.25) is 10.0 Å². The van der Waals surface area contributed by atoms with E-state index in [-0.39, 0.29) is 29.0 Å². The van der Waals surface area contributed by atoms with Crippen molar-refractivity contribution in [3.63, 3.8) is 0 Å². The van der Waals surface area contributed by atoms with Crippen LogP contribution in [0.3, 0.4) is 0 Å². The second-order valence-corrected chi connectivity index (χ2v) is 5.95. The Morgan fingerprint density at radius 2 is 2.11 bits per heavy atom. The lowest BCUT2D eigenvalue weighted by molar-refractivity contribution is 0.0943. The first kappa shape index (κ1) is 15.2. The number of terminal acetylenes is 1. The average Bonchev–Trinajstić information content (AvgIpc) is 2.36. The van der Waals surface area contributed by atoms with Crippen LogP contribution in [0.25, 0.3) is 0 Å². The van der Waals surface area contributed by atoms with Crippen LogP contribution in [-0.2, 0) is 10.0 Å². The summed E-state index contributed by atoms with van der Waals surface area (Å²) in [5.74, 6) is 1.87. The van der Waals surface area contributed by atoms with Gasteiger partial charge in [0.25, 0.3) is 5.91 Å². The van der Waals surface area contributed by atoms with Crippen LogP contribution >= 0.6 is 0 Å². The molecule has 2 N–H and O–H groups in total. The minimum absolute atomic E-state index is 0.0131. The van der Waals surface area contributed by atoms with Gasteiger partial charge in [0.1, 0.15) is 0 Å². The van der Waals surface area contributed by atoms with Crippen LogP contribution in [-0.4, -0.2) is 26.9 Å². The second kappa shape index (κ2) is 6.36. The summed E-state index contributed by atoms with van der Waals surface area (Å²) in [5.41, 5.74) is 0.289. The SMILES string of the molecule is C#CCNS(=O)(=O)c1cccc(C(=O)NC(C)C)c1. The van der Waals surface area contributed by atoms with Crippen molar-refractivity contribution in [3.05, 3.63) is 29.8 Å².